The number of hydrogen-bond acceptors (Lipinski definition) is 5. The molecule has 1 N–H and O–H groups in total. The Kier molecular flexibility index (Phi) is 5.05. The number of ether oxygens (including phenoxy) is 2. The van der Waals surface area contributed by atoms with Gasteiger partial charge in [0, 0.05) is 11.3 Å². The first-order valence-corrected chi connectivity index (χ1v) is 9.15. The number of aromatic nitrogens is 3. The molecule has 152 valence electrons. The van der Waals surface area contributed by atoms with Crippen LogP contribution in [0.25, 0.3) is 16.7 Å². The fourth-order valence-corrected chi connectivity index (χ4v) is 3.06. The number of carbonyl (C=O) groups is 1. The van der Waals surface area contributed by atoms with Crippen LogP contribution in [0, 0.1) is 12.7 Å². The summed E-state index contributed by atoms with van der Waals surface area (Å²) in [5.74, 6) is 0.402. The van der Waals surface area contributed by atoms with Crippen molar-refractivity contribution in [3.63, 3.8) is 0 Å². The molecule has 0 saturated heterocycles. The van der Waals surface area contributed by atoms with E-state index in [1.54, 1.807) is 36.4 Å². The number of rotatable bonds is 5. The lowest BCUT2D eigenvalue weighted by Crippen LogP contribution is -2.13. The van der Waals surface area contributed by atoms with Crippen LogP contribution in [0.2, 0.25) is 0 Å². The first-order chi connectivity index (χ1) is 14.5. The van der Waals surface area contributed by atoms with Crippen molar-refractivity contribution in [2.45, 2.75) is 6.92 Å². The smallest absolute Gasteiger partial charge is 0.255 e. The molecule has 30 heavy (non-hydrogen) atoms. The van der Waals surface area contributed by atoms with E-state index >= 15 is 0 Å². The number of halogens is 1. The molecule has 0 aliphatic carbocycles. The predicted octanol–water partition coefficient (Wildman–Crippen LogP) is 4.14. The summed E-state index contributed by atoms with van der Waals surface area (Å²) in [7, 11) is 3.05. The van der Waals surface area contributed by atoms with Gasteiger partial charge in [-0.15, -0.1) is 10.2 Å². The summed E-state index contributed by atoms with van der Waals surface area (Å²) in [5.41, 5.74) is 3.80. The summed E-state index contributed by atoms with van der Waals surface area (Å²) >= 11 is 0. The second kappa shape index (κ2) is 7.82. The molecule has 8 heteroatoms. The summed E-state index contributed by atoms with van der Waals surface area (Å²) < 4.78 is 23.6. The van der Waals surface area contributed by atoms with Crippen molar-refractivity contribution >= 4 is 22.6 Å². The zero-order valence-electron chi connectivity index (χ0n) is 16.6. The van der Waals surface area contributed by atoms with Crippen LogP contribution in [-0.2, 0) is 0 Å². The molecular formula is C22H19FN4O3. The van der Waals surface area contributed by atoms with Crippen LogP contribution in [0.1, 0.15) is 15.9 Å². The van der Waals surface area contributed by atoms with Crippen LogP contribution >= 0.6 is 0 Å². The van der Waals surface area contributed by atoms with Crippen LogP contribution in [0.15, 0.2) is 54.6 Å². The Morgan fingerprint density at radius 2 is 1.60 bits per heavy atom. The quantitative estimate of drug-likeness (QED) is 0.539. The first kappa shape index (κ1) is 19.4. The van der Waals surface area contributed by atoms with Gasteiger partial charge in [-0.25, -0.2) is 4.39 Å². The lowest BCUT2D eigenvalue weighted by atomic mass is 10.1. The summed E-state index contributed by atoms with van der Waals surface area (Å²) in [6, 6.07) is 14.5. The van der Waals surface area contributed by atoms with Gasteiger partial charge < -0.3 is 14.8 Å². The first-order valence-electron chi connectivity index (χ1n) is 9.15. The third kappa shape index (κ3) is 3.67. The van der Waals surface area contributed by atoms with Crippen molar-refractivity contribution in [3.8, 4) is 17.2 Å². The highest BCUT2D eigenvalue weighted by Gasteiger charge is 2.14. The lowest BCUT2D eigenvalue weighted by Gasteiger charge is -2.11. The maximum atomic E-state index is 13.2. The molecule has 0 saturated carbocycles. The summed E-state index contributed by atoms with van der Waals surface area (Å²) in [4.78, 5) is 14.2. The zero-order chi connectivity index (χ0) is 21.3. The van der Waals surface area contributed by atoms with E-state index in [4.69, 9.17) is 9.47 Å². The molecule has 0 unspecified atom stereocenters. The Hall–Kier alpha value is -3.94. The van der Waals surface area contributed by atoms with Crippen LogP contribution in [0.4, 0.5) is 10.1 Å². The highest BCUT2D eigenvalue weighted by molar-refractivity contribution is 6.05. The number of amides is 1. The van der Waals surface area contributed by atoms with Crippen LogP contribution < -0.4 is 14.8 Å². The Balaban J connectivity index is 1.63. The molecule has 0 atom stereocenters. The van der Waals surface area contributed by atoms with Gasteiger partial charge in [0.25, 0.3) is 5.91 Å². The minimum absolute atomic E-state index is 0.288. The van der Waals surface area contributed by atoms with Gasteiger partial charge in [0.05, 0.1) is 19.9 Å². The van der Waals surface area contributed by atoms with E-state index in [1.807, 2.05) is 13.0 Å². The van der Waals surface area contributed by atoms with Gasteiger partial charge in [0.2, 0.25) is 0 Å². The van der Waals surface area contributed by atoms with Crippen molar-refractivity contribution < 1.29 is 18.7 Å². The molecule has 3 aromatic carbocycles. The maximum Gasteiger partial charge on any atom is 0.255 e. The molecule has 0 spiro atoms. The Morgan fingerprint density at radius 3 is 2.27 bits per heavy atom. The number of fused-ring (bicyclic) bond motifs is 1. The van der Waals surface area contributed by atoms with E-state index in [-0.39, 0.29) is 11.7 Å². The average molecular weight is 406 g/mol. The summed E-state index contributed by atoms with van der Waals surface area (Å²) in [6.07, 6.45) is 0. The van der Waals surface area contributed by atoms with Gasteiger partial charge in [-0.3, -0.25) is 4.79 Å². The van der Waals surface area contributed by atoms with E-state index in [0.717, 1.165) is 5.56 Å². The lowest BCUT2D eigenvalue weighted by molar-refractivity contribution is 0.102. The average Bonchev–Trinajstić information content (AvgIpc) is 3.16. The highest BCUT2D eigenvalue weighted by Crippen LogP contribution is 2.28. The van der Waals surface area contributed by atoms with Gasteiger partial charge in [-0.2, -0.15) is 4.80 Å². The molecule has 0 aliphatic heterocycles. The molecular weight excluding hydrogens is 387 g/mol. The number of anilines is 1. The monoisotopic (exact) mass is 406 g/mol. The molecule has 1 amide bonds. The largest absolute Gasteiger partial charge is 0.493 e. The molecule has 7 nitrogen and oxygen atoms in total. The summed E-state index contributed by atoms with van der Waals surface area (Å²) in [6.45, 7) is 1.88. The summed E-state index contributed by atoms with van der Waals surface area (Å²) in [5, 5.41) is 11.8. The van der Waals surface area contributed by atoms with E-state index < -0.39 is 0 Å². The standard InChI is InChI=1S/C22H19FN4O3/c1-13-10-18-19(26-27(25-18)16-7-5-15(23)6-8-16)12-17(13)24-22(28)14-4-9-20(29-2)21(11-14)30-3/h4-12H,1-3H3,(H,24,28). The zero-order valence-corrected chi connectivity index (χ0v) is 16.6. The normalized spacial score (nSPS) is 10.8. The third-order valence-corrected chi connectivity index (χ3v) is 4.68. The molecule has 4 aromatic rings. The molecule has 0 bridgehead atoms. The van der Waals surface area contributed by atoms with Gasteiger partial charge in [0.1, 0.15) is 16.9 Å². The van der Waals surface area contributed by atoms with Crippen molar-refractivity contribution in [1.82, 2.24) is 15.0 Å². The van der Waals surface area contributed by atoms with E-state index in [1.165, 1.54) is 31.1 Å². The number of carbonyl (C=O) groups excluding carboxylic acids is 1. The van der Waals surface area contributed by atoms with Gasteiger partial charge >= 0.3 is 0 Å². The van der Waals surface area contributed by atoms with E-state index in [9.17, 15) is 9.18 Å². The second-order valence-electron chi connectivity index (χ2n) is 6.65. The number of benzene rings is 3. The Bertz CT molecular complexity index is 1240. The number of methoxy groups -OCH3 is 2. The van der Waals surface area contributed by atoms with Gasteiger partial charge in [-0.05, 0) is 67.1 Å². The van der Waals surface area contributed by atoms with E-state index in [0.29, 0.717) is 39.5 Å². The Morgan fingerprint density at radius 1 is 0.933 bits per heavy atom. The number of aryl methyl sites for hydroxylation is 1. The fourth-order valence-electron chi connectivity index (χ4n) is 3.06. The van der Waals surface area contributed by atoms with Crippen LogP contribution in [-0.4, -0.2) is 35.1 Å². The third-order valence-electron chi connectivity index (χ3n) is 4.68. The van der Waals surface area contributed by atoms with Crippen molar-refractivity contribution in [3.05, 3.63) is 71.5 Å². The second-order valence-corrected chi connectivity index (χ2v) is 6.65. The van der Waals surface area contributed by atoms with Crippen molar-refractivity contribution in [2.75, 3.05) is 19.5 Å². The van der Waals surface area contributed by atoms with Crippen LogP contribution in [0.3, 0.4) is 0 Å². The highest BCUT2D eigenvalue weighted by atomic mass is 19.1. The fraction of sp³-hybridized carbons (Fsp3) is 0.136. The van der Waals surface area contributed by atoms with E-state index in [2.05, 4.69) is 15.5 Å². The molecule has 0 aliphatic rings. The maximum absolute atomic E-state index is 13.2. The molecule has 1 heterocycles. The minimum atomic E-state index is -0.327. The van der Waals surface area contributed by atoms with Crippen molar-refractivity contribution in [1.29, 1.82) is 0 Å². The number of hydrogen-bond donors (Lipinski definition) is 1. The topological polar surface area (TPSA) is 78.3 Å². The number of nitrogens with zero attached hydrogens (tertiary/aromatic N) is 3. The van der Waals surface area contributed by atoms with Crippen LogP contribution in [0.5, 0.6) is 11.5 Å². The SMILES string of the molecule is COc1ccc(C(=O)Nc2cc3nn(-c4ccc(F)cc4)nc3cc2C)cc1OC. The van der Waals surface area contributed by atoms with Crippen molar-refractivity contribution in [2.24, 2.45) is 0 Å². The molecule has 4 rings (SSSR count). The van der Waals surface area contributed by atoms with Gasteiger partial charge in [-0.1, -0.05) is 0 Å². The molecule has 0 radical (unpaired) electrons. The van der Waals surface area contributed by atoms with Gasteiger partial charge in [0.15, 0.2) is 11.5 Å². The Labute approximate surface area is 172 Å². The number of nitrogens with one attached hydrogen (secondary N) is 1. The predicted molar refractivity (Wildman–Crippen MR) is 111 cm³/mol. The minimum Gasteiger partial charge on any atom is -0.493 e. The molecule has 1 aromatic heterocycles. The molecule has 0 fully saturated rings.